The van der Waals surface area contributed by atoms with E-state index < -0.39 is 55.7 Å². The molecule has 1 atom stereocenters. The molecule has 0 radical (unpaired) electrons. The zero-order chi connectivity index (χ0) is 18.8. The van der Waals surface area contributed by atoms with E-state index in [2.05, 4.69) is 0 Å². The van der Waals surface area contributed by atoms with Crippen LogP contribution < -0.4 is 5.32 Å². The zero-order valence-electron chi connectivity index (χ0n) is 12.9. The molecule has 1 unspecified atom stereocenters. The lowest BCUT2D eigenvalue weighted by Crippen LogP contribution is -2.33. The number of anilines is 1. The van der Waals surface area contributed by atoms with Gasteiger partial charge in [0, 0.05) is 6.07 Å². The topological polar surface area (TPSA) is 63.2 Å². The van der Waals surface area contributed by atoms with E-state index in [4.69, 9.17) is 0 Å². The Bertz CT molecular complexity index is 916. The zero-order valence-corrected chi connectivity index (χ0v) is 13.7. The van der Waals surface area contributed by atoms with Crippen LogP contribution in [0.2, 0.25) is 0 Å². The van der Waals surface area contributed by atoms with Gasteiger partial charge in [0.15, 0.2) is 21.5 Å². The minimum atomic E-state index is -4.10. The average Bonchev–Trinajstić information content (AvgIpc) is 2.53. The molecule has 0 aromatic heterocycles. The van der Waals surface area contributed by atoms with Crippen LogP contribution in [0.1, 0.15) is 12.5 Å². The summed E-state index contributed by atoms with van der Waals surface area (Å²) in [5.41, 5.74) is -0.546. The Balaban J connectivity index is 2.16. The predicted molar refractivity (Wildman–Crippen MR) is 83.4 cm³/mol. The molecule has 4 nitrogen and oxygen atoms in total. The maximum atomic E-state index is 13.5. The monoisotopic (exact) mass is 375 g/mol. The smallest absolute Gasteiger partial charge is 0.242 e. The van der Waals surface area contributed by atoms with Crippen LogP contribution >= 0.6 is 0 Å². The van der Waals surface area contributed by atoms with Crippen molar-refractivity contribution in [1.82, 2.24) is 0 Å². The Morgan fingerprint density at radius 3 is 2.28 bits per heavy atom. The molecular formula is C16H13F4NO3S. The maximum Gasteiger partial charge on any atom is 0.242 e. The van der Waals surface area contributed by atoms with Crippen LogP contribution in [0.5, 0.6) is 0 Å². The molecule has 1 amide bonds. The highest BCUT2D eigenvalue weighted by Gasteiger charge is 2.29. The normalized spacial score (nSPS) is 12.7. The molecular weight excluding hydrogens is 362 g/mol. The summed E-state index contributed by atoms with van der Waals surface area (Å²) in [5.74, 6) is -5.88. The van der Waals surface area contributed by atoms with E-state index in [1.54, 1.807) is 0 Å². The Hall–Kier alpha value is -2.42. The standard InChI is InChI=1S/C16H13F4NO3S/c1-9(16(22)21-15-7-11(17)3-5-13(15)19)25(23,24)8-10-2-4-12(18)14(20)6-10/h2-7,9H,8H2,1H3,(H,21,22). The fourth-order valence-corrected chi connectivity index (χ4v) is 3.26. The van der Waals surface area contributed by atoms with Crippen LogP contribution in [0.4, 0.5) is 23.2 Å². The molecule has 0 aliphatic carbocycles. The lowest BCUT2D eigenvalue weighted by molar-refractivity contribution is -0.115. The third-order valence-corrected chi connectivity index (χ3v) is 5.47. The van der Waals surface area contributed by atoms with Gasteiger partial charge in [-0.15, -0.1) is 0 Å². The number of carbonyl (C=O) groups excluding carboxylic acids is 1. The molecule has 0 aliphatic heterocycles. The van der Waals surface area contributed by atoms with E-state index in [9.17, 15) is 30.8 Å². The highest BCUT2D eigenvalue weighted by molar-refractivity contribution is 7.92. The van der Waals surface area contributed by atoms with Crippen LogP contribution in [-0.4, -0.2) is 19.6 Å². The van der Waals surface area contributed by atoms with Crippen LogP contribution in [0.25, 0.3) is 0 Å². The maximum absolute atomic E-state index is 13.5. The molecule has 2 aromatic rings. The molecule has 25 heavy (non-hydrogen) atoms. The lowest BCUT2D eigenvalue weighted by atomic mass is 10.2. The largest absolute Gasteiger partial charge is 0.322 e. The number of hydrogen-bond acceptors (Lipinski definition) is 3. The molecule has 0 fully saturated rings. The molecule has 2 rings (SSSR count). The van der Waals surface area contributed by atoms with Gasteiger partial charge < -0.3 is 5.32 Å². The van der Waals surface area contributed by atoms with Gasteiger partial charge >= 0.3 is 0 Å². The molecule has 0 aliphatic rings. The number of hydrogen-bond donors (Lipinski definition) is 1. The molecule has 1 N–H and O–H groups in total. The van der Waals surface area contributed by atoms with Crippen molar-refractivity contribution in [2.24, 2.45) is 0 Å². The quantitative estimate of drug-likeness (QED) is 0.817. The predicted octanol–water partition coefficient (Wildman–Crippen LogP) is 3.19. The number of sulfone groups is 1. The second kappa shape index (κ2) is 7.22. The number of amides is 1. The van der Waals surface area contributed by atoms with Crippen molar-refractivity contribution in [3.63, 3.8) is 0 Å². The van der Waals surface area contributed by atoms with Crippen molar-refractivity contribution in [3.8, 4) is 0 Å². The Kier molecular flexibility index (Phi) is 5.46. The summed E-state index contributed by atoms with van der Waals surface area (Å²) in [6.07, 6.45) is 0. The first-order valence-corrected chi connectivity index (χ1v) is 8.73. The van der Waals surface area contributed by atoms with Crippen molar-refractivity contribution < 1.29 is 30.8 Å². The summed E-state index contributed by atoms with van der Waals surface area (Å²) in [4.78, 5) is 12.0. The van der Waals surface area contributed by atoms with Gasteiger partial charge in [0.2, 0.25) is 5.91 Å². The number of carbonyl (C=O) groups is 1. The second-order valence-electron chi connectivity index (χ2n) is 5.31. The van der Waals surface area contributed by atoms with Crippen LogP contribution in [0.3, 0.4) is 0 Å². The van der Waals surface area contributed by atoms with Crippen molar-refractivity contribution >= 4 is 21.4 Å². The number of rotatable bonds is 5. The van der Waals surface area contributed by atoms with E-state index in [1.807, 2.05) is 5.32 Å². The van der Waals surface area contributed by atoms with E-state index in [0.717, 1.165) is 31.2 Å². The Morgan fingerprint density at radius 2 is 1.64 bits per heavy atom. The van der Waals surface area contributed by atoms with Gasteiger partial charge in [-0.25, -0.2) is 26.0 Å². The second-order valence-corrected chi connectivity index (χ2v) is 7.63. The van der Waals surface area contributed by atoms with E-state index in [1.165, 1.54) is 0 Å². The molecule has 0 saturated heterocycles. The molecule has 134 valence electrons. The first kappa shape index (κ1) is 18.9. The highest BCUT2D eigenvalue weighted by Crippen LogP contribution is 2.18. The molecule has 9 heteroatoms. The molecule has 2 aromatic carbocycles. The number of benzene rings is 2. The minimum Gasteiger partial charge on any atom is -0.322 e. The molecule has 0 spiro atoms. The third kappa shape index (κ3) is 4.56. The van der Waals surface area contributed by atoms with Crippen LogP contribution in [0, 0.1) is 23.3 Å². The van der Waals surface area contributed by atoms with E-state index >= 15 is 0 Å². The lowest BCUT2D eigenvalue weighted by Gasteiger charge is -2.14. The highest BCUT2D eigenvalue weighted by atomic mass is 32.2. The summed E-state index contributed by atoms with van der Waals surface area (Å²) in [6.45, 7) is 1.06. The van der Waals surface area contributed by atoms with Gasteiger partial charge in [-0.3, -0.25) is 4.79 Å². The van der Waals surface area contributed by atoms with Crippen LogP contribution in [-0.2, 0) is 20.4 Å². The van der Waals surface area contributed by atoms with Gasteiger partial charge in [-0.2, -0.15) is 0 Å². The van der Waals surface area contributed by atoms with Crippen LogP contribution in [0.15, 0.2) is 36.4 Å². The fourth-order valence-electron chi connectivity index (χ4n) is 1.98. The summed E-state index contributed by atoms with van der Waals surface area (Å²) in [7, 11) is -4.10. The molecule has 0 bridgehead atoms. The van der Waals surface area contributed by atoms with Gasteiger partial charge in [-0.1, -0.05) is 6.07 Å². The SMILES string of the molecule is CC(C(=O)Nc1cc(F)ccc1F)S(=O)(=O)Cc1ccc(F)c(F)c1. The Labute approximate surface area is 141 Å². The van der Waals surface area contributed by atoms with Gasteiger partial charge in [0.05, 0.1) is 11.4 Å². The molecule has 0 saturated carbocycles. The minimum absolute atomic E-state index is 0.0458. The summed E-state index contributed by atoms with van der Waals surface area (Å²) >= 11 is 0. The fraction of sp³-hybridized carbons (Fsp3) is 0.188. The van der Waals surface area contributed by atoms with Crippen molar-refractivity contribution in [3.05, 3.63) is 65.2 Å². The first-order valence-electron chi connectivity index (χ1n) is 7.01. The molecule has 0 heterocycles. The Morgan fingerprint density at radius 1 is 1.00 bits per heavy atom. The van der Waals surface area contributed by atoms with Gasteiger partial charge in [-0.05, 0) is 36.8 Å². The summed E-state index contributed by atoms with van der Waals surface area (Å²) < 4.78 is 77.1. The number of nitrogens with one attached hydrogen (secondary N) is 1. The van der Waals surface area contributed by atoms with Crippen molar-refractivity contribution in [1.29, 1.82) is 0 Å². The average molecular weight is 375 g/mol. The van der Waals surface area contributed by atoms with Gasteiger partial charge in [0.25, 0.3) is 0 Å². The van der Waals surface area contributed by atoms with Crippen molar-refractivity contribution in [2.45, 2.75) is 17.9 Å². The van der Waals surface area contributed by atoms with Crippen molar-refractivity contribution in [2.75, 3.05) is 5.32 Å². The summed E-state index contributed by atoms with van der Waals surface area (Å²) in [6, 6.07) is 4.89. The van der Waals surface area contributed by atoms with Gasteiger partial charge in [0.1, 0.15) is 16.9 Å². The van der Waals surface area contributed by atoms with E-state index in [0.29, 0.717) is 12.1 Å². The number of halogens is 4. The summed E-state index contributed by atoms with van der Waals surface area (Å²) in [5, 5.41) is 0.374. The third-order valence-electron chi connectivity index (χ3n) is 3.45. The first-order chi connectivity index (χ1) is 11.6. The van der Waals surface area contributed by atoms with E-state index in [-0.39, 0.29) is 5.56 Å².